The number of nitrogen functional groups attached to an aromatic ring is 1. The van der Waals surface area contributed by atoms with Gasteiger partial charge in [-0.1, -0.05) is 48.5 Å². The Balaban J connectivity index is 1.59. The number of hydrogen-bond acceptors (Lipinski definition) is 15. The van der Waals surface area contributed by atoms with Crippen LogP contribution >= 0.6 is 0 Å². The Morgan fingerprint density at radius 3 is 1.80 bits per heavy atom. The molecule has 6 rings (SSSR count). The van der Waals surface area contributed by atoms with Crippen LogP contribution in [0.25, 0.3) is 22.5 Å². The summed E-state index contributed by atoms with van der Waals surface area (Å²) in [5.74, 6) is 1.43. The smallest absolute Gasteiger partial charge is 0.407 e. The number of tetrazole rings is 1. The number of ether oxygens (including phenoxy) is 4. The normalized spacial score (nSPS) is 12.0. The number of hydrogen-bond donors (Lipinski definition) is 5. The van der Waals surface area contributed by atoms with E-state index in [1.807, 2.05) is 0 Å². The third kappa shape index (κ3) is 14.4. The molecule has 0 aliphatic heterocycles. The molecule has 2 amide bonds. The van der Waals surface area contributed by atoms with Crippen molar-refractivity contribution in [2.75, 3.05) is 58.6 Å². The fourth-order valence-corrected chi connectivity index (χ4v) is 11.1. The number of anilines is 2. The summed E-state index contributed by atoms with van der Waals surface area (Å²) in [7, 11) is -5.31. The molecule has 0 spiro atoms. The first-order valence-electron chi connectivity index (χ1n) is 23.4. The molecule has 5 aromatic carbocycles. The third-order valence-corrected chi connectivity index (χ3v) is 14.9. The van der Waals surface area contributed by atoms with E-state index in [2.05, 4.69) is 25.7 Å². The Morgan fingerprint density at radius 2 is 1.28 bits per heavy atom. The first-order chi connectivity index (χ1) is 34.9. The first-order valence-corrected chi connectivity index (χ1v) is 26.3. The Labute approximate surface area is 432 Å². The number of alkyl carbamates (subject to hydrolysis) is 1. The number of rotatable bonds is 22. The van der Waals surface area contributed by atoms with Crippen LogP contribution in [0.5, 0.6) is 17.2 Å². The minimum absolute atomic E-state index is 0.0795. The van der Waals surface area contributed by atoms with E-state index in [4.69, 9.17) is 29.8 Å². The zero-order valence-electron chi connectivity index (χ0n) is 42.9. The molecular formula is C51H64N10O11S2. The van der Waals surface area contributed by atoms with Gasteiger partial charge < -0.3 is 45.3 Å². The number of benzene rings is 5. The van der Waals surface area contributed by atoms with Crippen molar-refractivity contribution in [1.29, 1.82) is 0 Å². The van der Waals surface area contributed by atoms with Crippen LogP contribution in [0, 0.1) is 0 Å². The highest BCUT2D eigenvalue weighted by Crippen LogP contribution is 2.42. The maximum atomic E-state index is 16.2. The predicted octanol–water partition coefficient (Wildman–Crippen LogP) is 7.05. The molecule has 0 fully saturated rings. The molecule has 0 radical (unpaired) electrons. The molecule has 6 N–H and O–H groups in total. The summed E-state index contributed by atoms with van der Waals surface area (Å²) in [4.78, 5) is 25.7. The Morgan fingerprint density at radius 1 is 0.730 bits per heavy atom. The van der Waals surface area contributed by atoms with Crippen LogP contribution in [0.2, 0.25) is 0 Å². The fraction of sp³-hybridized carbons (Fsp3) is 0.353. The quantitative estimate of drug-likeness (QED) is 0.0337. The highest BCUT2D eigenvalue weighted by atomic mass is 32.2. The number of nitrogens with zero attached hydrogens (tertiary/aromatic N) is 6. The molecular weight excluding hydrogens is 993 g/mol. The number of amides is 2. The van der Waals surface area contributed by atoms with E-state index in [0.29, 0.717) is 45.3 Å². The number of nitrogens with two attached hydrogens (primary N) is 1. The average molecular weight is 1060 g/mol. The zero-order chi connectivity index (χ0) is 54.0. The lowest BCUT2D eigenvalue weighted by Crippen LogP contribution is -2.48. The Bertz CT molecular complexity index is 3070. The maximum absolute atomic E-state index is 16.2. The van der Waals surface area contributed by atoms with Gasteiger partial charge in [0, 0.05) is 44.8 Å². The molecule has 396 valence electrons. The van der Waals surface area contributed by atoms with Gasteiger partial charge in [-0.15, -0.1) is 10.2 Å². The van der Waals surface area contributed by atoms with Gasteiger partial charge in [-0.05, 0) is 129 Å². The van der Waals surface area contributed by atoms with Gasteiger partial charge >= 0.3 is 12.2 Å². The van der Waals surface area contributed by atoms with Crippen LogP contribution in [-0.2, 0) is 44.4 Å². The van der Waals surface area contributed by atoms with Crippen LogP contribution in [0.1, 0.15) is 58.2 Å². The molecule has 0 bridgehead atoms. The molecule has 1 heterocycles. The minimum atomic E-state index is -5.02. The lowest BCUT2D eigenvalue weighted by Gasteiger charge is -2.33. The highest BCUT2D eigenvalue weighted by Gasteiger charge is 2.38. The number of nitrogens with one attached hydrogen (secondary N) is 3. The van der Waals surface area contributed by atoms with E-state index >= 15 is 8.42 Å². The van der Waals surface area contributed by atoms with Gasteiger partial charge in [-0.2, -0.15) is 9.10 Å². The molecule has 0 aliphatic rings. The second-order valence-electron chi connectivity index (χ2n) is 18.9. The largest absolute Gasteiger partial charge is 0.497 e. The van der Waals surface area contributed by atoms with Gasteiger partial charge in [-0.25, -0.2) is 31.1 Å². The van der Waals surface area contributed by atoms with E-state index in [-0.39, 0.29) is 56.2 Å². The van der Waals surface area contributed by atoms with Crippen molar-refractivity contribution >= 4 is 43.6 Å². The summed E-state index contributed by atoms with van der Waals surface area (Å²) in [6.07, 6.45) is -1.89. The van der Waals surface area contributed by atoms with Crippen LogP contribution in [0.4, 0.5) is 21.0 Å². The predicted molar refractivity (Wildman–Crippen MR) is 280 cm³/mol. The second-order valence-corrected chi connectivity index (χ2v) is 22.5. The summed E-state index contributed by atoms with van der Waals surface area (Å²) in [5, 5.41) is 29.4. The third-order valence-electron chi connectivity index (χ3n) is 11.3. The summed E-state index contributed by atoms with van der Waals surface area (Å²) >= 11 is 0. The molecule has 0 unspecified atom stereocenters. The van der Waals surface area contributed by atoms with Gasteiger partial charge in [0.05, 0.1) is 44.8 Å². The summed E-state index contributed by atoms with van der Waals surface area (Å²) in [5.41, 5.74) is 7.74. The van der Waals surface area contributed by atoms with Gasteiger partial charge in [0.2, 0.25) is 25.9 Å². The summed E-state index contributed by atoms with van der Waals surface area (Å²) < 4.78 is 87.3. The monoisotopic (exact) mass is 1060 g/mol. The van der Waals surface area contributed by atoms with Crippen LogP contribution in [0.3, 0.4) is 0 Å². The Kier molecular flexibility index (Phi) is 17.8. The van der Waals surface area contributed by atoms with Crippen molar-refractivity contribution in [3.8, 4) is 39.8 Å². The van der Waals surface area contributed by atoms with Gasteiger partial charge in [0.15, 0.2) is 0 Å². The summed E-state index contributed by atoms with van der Waals surface area (Å²) in [6, 6.07) is 28.2. The summed E-state index contributed by atoms with van der Waals surface area (Å²) in [6.45, 7) is 9.47. The molecule has 0 saturated carbocycles. The van der Waals surface area contributed by atoms with Crippen LogP contribution < -0.4 is 35.3 Å². The number of aromatic nitrogens is 4. The highest BCUT2D eigenvalue weighted by molar-refractivity contribution is 7.92. The van der Waals surface area contributed by atoms with E-state index in [1.54, 1.807) is 140 Å². The lowest BCUT2D eigenvalue weighted by molar-refractivity contribution is 0.0529. The fourth-order valence-electron chi connectivity index (χ4n) is 7.66. The number of carbonyl (C=O) groups excluding carboxylic acids is 1. The first kappa shape index (κ1) is 55.8. The maximum Gasteiger partial charge on any atom is 0.407 e. The van der Waals surface area contributed by atoms with E-state index in [1.165, 1.54) is 31.1 Å². The van der Waals surface area contributed by atoms with E-state index in [0.717, 1.165) is 14.8 Å². The zero-order valence-corrected chi connectivity index (χ0v) is 44.5. The van der Waals surface area contributed by atoms with Crippen LogP contribution in [0.15, 0.2) is 113 Å². The lowest BCUT2D eigenvalue weighted by atomic mass is 9.98. The van der Waals surface area contributed by atoms with Gasteiger partial charge in [0.25, 0.3) is 0 Å². The molecule has 74 heavy (non-hydrogen) atoms. The van der Waals surface area contributed by atoms with E-state index in [9.17, 15) is 23.1 Å². The van der Waals surface area contributed by atoms with Crippen molar-refractivity contribution < 1.29 is 50.5 Å². The molecule has 0 saturated heterocycles. The number of methoxy groups -OCH3 is 3. The molecule has 1 aromatic heterocycles. The number of sulfonamides is 2. The topological polar surface area (TPSA) is 272 Å². The van der Waals surface area contributed by atoms with Crippen LogP contribution in [-0.4, -0.2) is 122 Å². The minimum Gasteiger partial charge on any atom is -0.497 e. The molecule has 6 aromatic rings. The Hall–Kier alpha value is -7.47. The van der Waals surface area contributed by atoms with Crippen molar-refractivity contribution in [3.05, 3.63) is 120 Å². The molecule has 0 atom stereocenters. The molecule has 0 aliphatic carbocycles. The average Bonchev–Trinajstić information content (AvgIpc) is 3.81. The van der Waals surface area contributed by atoms with Crippen molar-refractivity contribution in [2.45, 2.75) is 82.1 Å². The standard InChI is InChI=1S/C51H64N10O11S2/c1-50(2,3)60(49(63)64)29-28-55-73(65,66)44-25-23-41(37-16-24-42(52)43(30-37)53-26-27-54-48(62)72-51(4,5)6)45(47-56-58-61(57-47)33-36-14-21-40(71-9)22-15-36)46(44)74(67,68)59(31-34-10-17-38(69-7)18-11-34)32-35-12-19-39(70-8)20-13-35/h10-25,30,53,55H,26-29,31-33,52H2,1-9H3,(H,54,62)(H,63,64). The van der Waals surface area contributed by atoms with E-state index < -0.39 is 59.7 Å². The SMILES string of the molecule is COc1ccc(CN(Cc2ccc(OC)cc2)S(=O)(=O)c2c(S(=O)(=O)NCCN(C(=O)O)C(C)(C)C)ccc(-c3ccc(N)c(NCCNC(=O)OC(C)(C)C)c3)c2-c2nnn(Cc3ccc(OC)cc3)n2)cc1. The number of carboxylic acid groups (broad SMARTS) is 1. The van der Waals surface area contributed by atoms with Crippen molar-refractivity contribution in [1.82, 2.24) is 39.5 Å². The molecule has 23 heteroatoms. The van der Waals surface area contributed by atoms with Gasteiger partial charge in [-0.3, -0.25) is 0 Å². The van der Waals surface area contributed by atoms with Crippen molar-refractivity contribution in [3.63, 3.8) is 0 Å². The molecule has 21 nitrogen and oxygen atoms in total. The number of carbonyl (C=O) groups is 2. The van der Waals surface area contributed by atoms with Gasteiger partial charge in [0.1, 0.15) is 32.6 Å². The second kappa shape index (κ2) is 23.6. The van der Waals surface area contributed by atoms with Crippen molar-refractivity contribution in [2.24, 2.45) is 0 Å².